The van der Waals surface area contributed by atoms with Gasteiger partial charge in [0.15, 0.2) is 0 Å². The predicted octanol–water partition coefficient (Wildman–Crippen LogP) is 3.80. The quantitative estimate of drug-likeness (QED) is 0.745. The molecule has 0 radical (unpaired) electrons. The summed E-state index contributed by atoms with van der Waals surface area (Å²) >= 11 is 0. The fourth-order valence-electron chi connectivity index (χ4n) is 2.96. The second-order valence-electron chi connectivity index (χ2n) is 5.38. The zero-order valence-electron chi connectivity index (χ0n) is 11.3. The molecule has 1 fully saturated rings. The van der Waals surface area contributed by atoms with Crippen LogP contribution in [0.5, 0.6) is 0 Å². The van der Waals surface area contributed by atoms with Crippen molar-refractivity contribution in [3.63, 3.8) is 0 Å². The molecule has 2 rings (SSSR count). The molecule has 94 valence electrons. The Hall–Kier alpha value is -0.820. The maximum absolute atomic E-state index is 2.70. The van der Waals surface area contributed by atoms with Crippen LogP contribution in [0.25, 0.3) is 0 Å². The Bertz CT molecular complexity index is 339. The molecule has 1 aromatic carbocycles. The minimum atomic E-state index is 0.768. The molecule has 1 heterocycles. The van der Waals surface area contributed by atoms with Crippen molar-refractivity contribution < 1.29 is 0 Å². The highest BCUT2D eigenvalue weighted by molar-refractivity contribution is 5.23. The topological polar surface area (TPSA) is 3.24 Å². The van der Waals surface area contributed by atoms with Crippen LogP contribution in [0.15, 0.2) is 24.3 Å². The van der Waals surface area contributed by atoms with E-state index in [0.717, 1.165) is 6.04 Å². The molecule has 1 heteroatoms. The number of nitrogens with zero attached hydrogens (tertiary/aromatic N) is 1. The van der Waals surface area contributed by atoms with E-state index in [-0.39, 0.29) is 0 Å². The average Bonchev–Trinajstić information content (AvgIpc) is 2.82. The van der Waals surface area contributed by atoms with E-state index in [4.69, 9.17) is 0 Å². The standard InChI is InChI=1S/C16H25N/c1-3-7-16(17-10-4-5-11-17)13-15-9-6-8-14(2)12-15/h6,8-9,12,16H,3-5,7,10-11,13H2,1-2H3. The number of hydrogen-bond donors (Lipinski definition) is 0. The Morgan fingerprint density at radius 2 is 2.00 bits per heavy atom. The van der Waals surface area contributed by atoms with Crippen LogP contribution in [0.4, 0.5) is 0 Å². The van der Waals surface area contributed by atoms with Crippen LogP contribution < -0.4 is 0 Å². The molecule has 0 aromatic heterocycles. The second kappa shape index (κ2) is 6.20. The van der Waals surface area contributed by atoms with Gasteiger partial charge in [-0.05, 0) is 51.3 Å². The highest BCUT2D eigenvalue weighted by Crippen LogP contribution is 2.19. The van der Waals surface area contributed by atoms with Gasteiger partial charge in [0.25, 0.3) is 0 Å². The van der Waals surface area contributed by atoms with Crippen LogP contribution in [0.1, 0.15) is 43.7 Å². The molecule has 0 saturated carbocycles. The van der Waals surface area contributed by atoms with E-state index in [0.29, 0.717) is 0 Å². The zero-order valence-corrected chi connectivity index (χ0v) is 11.3. The molecule has 1 saturated heterocycles. The van der Waals surface area contributed by atoms with Crippen LogP contribution in [-0.2, 0) is 6.42 Å². The van der Waals surface area contributed by atoms with E-state index in [2.05, 4.69) is 43.0 Å². The van der Waals surface area contributed by atoms with Crippen LogP contribution in [-0.4, -0.2) is 24.0 Å². The molecule has 17 heavy (non-hydrogen) atoms. The average molecular weight is 231 g/mol. The smallest absolute Gasteiger partial charge is 0.0136 e. The summed E-state index contributed by atoms with van der Waals surface area (Å²) in [6, 6.07) is 9.78. The summed E-state index contributed by atoms with van der Waals surface area (Å²) in [5.41, 5.74) is 2.90. The van der Waals surface area contributed by atoms with E-state index in [1.54, 1.807) is 0 Å². The van der Waals surface area contributed by atoms with Crippen LogP contribution in [0, 0.1) is 6.92 Å². The first-order chi connectivity index (χ1) is 8.29. The van der Waals surface area contributed by atoms with E-state index < -0.39 is 0 Å². The maximum Gasteiger partial charge on any atom is 0.0136 e. The Labute approximate surface area is 106 Å². The molecular weight excluding hydrogens is 206 g/mol. The lowest BCUT2D eigenvalue weighted by Crippen LogP contribution is -2.34. The van der Waals surface area contributed by atoms with Gasteiger partial charge in [-0.1, -0.05) is 43.2 Å². The third-order valence-electron chi connectivity index (χ3n) is 3.83. The van der Waals surface area contributed by atoms with Crippen molar-refractivity contribution in [1.82, 2.24) is 4.90 Å². The normalized spacial score (nSPS) is 18.5. The number of aryl methyl sites for hydroxylation is 1. The lowest BCUT2D eigenvalue weighted by atomic mass is 9.99. The van der Waals surface area contributed by atoms with E-state index in [1.807, 2.05) is 0 Å². The molecule has 1 nitrogen and oxygen atoms in total. The van der Waals surface area contributed by atoms with Gasteiger partial charge in [0.05, 0.1) is 0 Å². The molecule has 0 bridgehead atoms. The highest BCUT2D eigenvalue weighted by Gasteiger charge is 2.21. The summed E-state index contributed by atoms with van der Waals surface area (Å²) in [6.07, 6.45) is 6.67. The van der Waals surface area contributed by atoms with Gasteiger partial charge in [-0.15, -0.1) is 0 Å². The van der Waals surface area contributed by atoms with Gasteiger partial charge < -0.3 is 4.90 Å². The fraction of sp³-hybridized carbons (Fsp3) is 0.625. The largest absolute Gasteiger partial charge is 0.300 e. The monoisotopic (exact) mass is 231 g/mol. The third kappa shape index (κ3) is 3.57. The molecule has 0 aliphatic carbocycles. The summed E-state index contributed by atoms with van der Waals surface area (Å²) in [4.78, 5) is 2.70. The van der Waals surface area contributed by atoms with E-state index in [9.17, 15) is 0 Å². The van der Waals surface area contributed by atoms with Crippen molar-refractivity contribution in [2.75, 3.05) is 13.1 Å². The Morgan fingerprint density at radius 3 is 2.65 bits per heavy atom. The lowest BCUT2D eigenvalue weighted by Gasteiger charge is -2.27. The SMILES string of the molecule is CCCC(Cc1cccc(C)c1)N1CCCC1. The first kappa shape index (κ1) is 12.6. The van der Waals surface area contributed by atoms with Gasteiger partial charge in [-0.25, -0.2) is 0 Å². The predicted molar refractivity (Wildman–Crippen MR) is 74.4 cm³/mol. The molecule has 1 aliphatic heterocycles. The van der Waals surface area contributed by atoms with Crippen LogP contribution >= 0.6 is 0 Å². The second-order valence-corrected chi connectivity index (χ2v) is 5.38. The van der Waals surface area contributed by atoms with Gasteiger partial charge in [-0.2, -0.15) is 0 Å². The summed E-state index contributed by atoms with van der Waals surface area (Å²) in [5.74, 6) is 0. The minimum absolute atomic E-state index is 0.768. The molecule has 1 atom stereocenters. The molecule has 0 N–H and O–H groups in total. The van der Waals surface area contributed by atoms with Crippen molar-refractivity contribution in [2.45, 2.75) is 52.0 Å². The fourth-order valence-corrected chi connectivity index (χ4v) is 2.96. The van der Waals surface area contributed by atoms with Crippen LogP contribution in [0.2, 0.25) is 0 Å². The maximum atomic E-state index is 2.70. The summed E-state index contributed by atoms with van der Waals surface area (Å²) in [5, 5.41) is 0. The van der Waals surface area contributed by atoms with Gasteiger partial charge in [0.2, 0.25) is 0 Å². The van der Waals surface area contributed by atoms with E-state index in [1.165, 1.54) is 56.3 Å². The molecule has 1 unspecified atom stereocenters. The molecule has 1 aliphatic rings. The van der Waals surface area contributed by atoms with Crippen LogP contribution in [0.3, 0.4) is 0 Å². The number of hydrogen-bond acceptors (Lipinski definition) is 1. The van der Waals surface area contributed by atoms with Gasteiger partial charge >= 0.3 is 0 Å². The summed E-state index contributed by atoms with van der Waals surface area (Å²) in [7, 11) is 0. The number of likely N-dealkylation sites (tertiary alicyclic amines) is 1. The van der Waals surface area contributed by atoms with Crippen molar-refractivity contribution in [3.05, 3.63) is 35.4 Å². The molecule has 0 spiro atoms. The molecule has 1 aromatic rings. The number of rotatable bonds is 5. The molecule has 0 amide bonds. The van der Waals surface area contributed by atoms with Gasteiger partial charge in [0, 0.05) is 6.04 Å². The zero-order chi connectivity index (χ0) is 12.1. The molecular formula is C16H25N. The lowest BCUT2D eigenvalue weighted by molar-refractivity contribution is 0.227. The Kier molecular flexibility index (Phi) is 4.61. The van der Waals surface area contributed by atoms with Gasteiger partial charge in [-0.3, -0.25) is 0 Å². The summed E-state index contributed by atoms with van der Waals surface area (Å²) < 4.78 is 0. The first-order valence-corrected chi connectivity index (χ1v) is 7.09. The Balaban J connectivity index is 2.01. The number of benzene rings is 1. The van der Waals surface area contributed by atoms with Crippen molar-refractivity contribution >= 4 is 0 Å². The summed E-state index contributed by atoms with van der Waals surface area (Å²) in [6.45, 7) is 7.13. The minimum Gasteiger partial charge on any atom is -0.300 e. The highest BCUT2D eigenvalue weighted by atomic mass is 15.2. The van der Waals surface area contributed by atoms with Crippen molar-refractivity contribution in [1.29, 1.82) is 0 Å². The van der Waals surface area contributed by atoms with Crippen molar-refractivity contribution in [3.8, 4) is 0 Å². The van der Waals surface area contributed by atoms with Gasteiger partial charge in [0.1, 0.15) is 0 Å². The first-order valence-electron chi connectivity index (χ1n) is 7.09. The Morgan fingerprint density at radius 1 is 1.24 bits per heavy atom. The third-order valence-corrected chi connectivity index (χ3v) is 3.83. The van der Waals surface area contributed by atoms with E-state index >= 15 is 0 Å². The van der Waals surface area contributed by atoms with Crippen molar-refractivity contribution in [2.24, 2.45) is 0 Å².